The Kier molecular flexibility index (Phi) is 3.79. The fraction of sp³-hybridized carbons (Fsp3) is 0.294. The highest BCUT2D eigenvalue weighted by atomic mass is 16.5. The summed E-state index contributed by atoms with van der Waals surface area (Å²) < 4.78 is 5.77. The van der Waals surface area contributed by atoms with Crippen LogP contribution in [-0.4, -0.2) is 0 Å². The highest BCUT2D eigenvalue weighted by Gasteiger charge is 2.15. The van der Waals surface area contributed by atoms with Gasteiger partial charge in [0.15, 0.2) is 0 Å². The molecule has 2 N–H and O–H groups in total. The molecular weight excluding hydrogens is 234 g/mol. The van der Waals surface area contributed by atoms with Crippen molar-refractivity contribution in [3.63, 3.8) is 0 Å². The molecule has 0 spiro atoms. The Morgan fingerprint density at radius 3 is 2.26 bits per heavy atom. The maximum absolute atomic E-state index is 6.06. The molecule has 0 aliphatic heterocycles. The standard InChI is InChI=1S/C17H21NO/c1-17(2,3)14-9-10-16(15(18)11-14)19-12-13-7-5-4-6-8-13/h4-11H,12,18H2,1-3H3. The van der Waals surface area contributed by atoms with E-state index in [1.54, 1.807) is 0 Å². The molecule has 0 amide bonds. The van der Waals surface area contributed by atoms with Gasteiger partial charge >= 0.3 is 0 Å². The van der Waals surface area contributed by atoms with Gasteiger partial charge in [-0.3, -0.25) is 0 Å². The van der Waals surface area contributed by atoms with Gasteiger partial charge in [-0.2, -0.15) is 0 Å². The predicted octanol–water partition coefficient (Wildman–Crippen LogP) is 4.15. The predicted molar refractivity (Wildman–Crippen MR) is 80.3 cm³/mol. The molecule has 0 saturated heterocycles. The van der Waals surface area contributed by atoms with Crippen molar-refractivity contribution in [3.8, 4) is 5.75 Å². The van der Waals surface area contributed by atoms with Crippen LogP contribution in [0.15, 0.2) is 48.5 Å². The van der Waals surface area contributed by atoms with Crippen LogP contribution in [0, 0.1) is 0 Å². The maximum Gasteiger partial charge on any atom is 0.142 e. The third-order valence-electron chi connectivity index (χ3n) is 3.11. The summed E-state index contributed by atoms with van der Waals surface area (Å²) in [5, 5.41) is 0. The molecule has 0 aliphatic carbocycles. The fourth-order valence-electron chi connectivity index (χ4n) is 1.88. The van der Waals surface area contributed by atoms with Gasteiger partial charge < -0.3 is 10.5 Å². The summed E-state index contributed by atoms with van der Waals surface area (Å²) in [7, 11) is 0. The first-order valence-electron chi connectivity index (χ1n) is 6.53. The van der Waals surface area contributed by atoms with E-state index in [4.69, 9.17) is 10.5 Å². The number of nitrogen functional groups attached to an aromatic ring is 1. The first-order valence-corrected chi connectivity index (χ1v) is 6.53. The molecule has 0 fully saturated rings. The molecule has 0 heterocycles. The molecule has 19 heavy (non-hydrogen) atoms. The highest BCUT2D eigenvalue weighted by molar-refractivity contribution is 5.55. The van der Waals surface area contributed by atoms with Crippen LogP contribution in [0.5, 0.6) is 5.75 Å². The summed E-state index contributed by atoms with van der Waals surface area (Å²) in [6.45, 7) is 7.06. The number of anilines is 1. The van der Waals surface area contributed by atoms with E-state index < -0.39 is 0 Å². The van der Waals surface area contributed by atoms with Crippen LogP contribution in [0.3, 0.4) is 0 Å². The van der Waals surface area contributed by atoms with Gasteiger partial charge in [-0.1, -0.05) is 57.2 Å². The number of hydrogen-bond donors (Lipinski definition) is 1. The monoisotopic (exact) mass is 255 g/mol. The van der Waals surface area contributed by atoms with Crippen molar-refractivity contribution in [2.24, 2.45) is 0 Å². The van der Waals surface area contributed by atoms with Crippen LogP contribution in [-0.2, 0) is 12.0 Å². The second-order valence-electron chi connectivity index (χ2n) is 5.78. The quantitative estimate of drug-likeness (QED) is 0.836. The number of hydrogen-bond acceptors (Lipinski definition) is 2. The van der Waals surface area contributed by atoms with Crippen molar-refractivity contribution in [2.45, 2.75) is 32.8 Å². The van der Waals surface area contributed by atoms with Gasteiger partial charge in [0.05, 0.1) is 5.69 Å². The van der Waals surface area contributed by atoms with Gasteiger partial charge in [-0.15, -0.1) is 0 Å². The first-order chi connectivity index (χ1) is 8.97. The van der Waals surface area contributed by atoms with E-state index in [9.17, 15) is 0 Å². The largest absolute Gasteiger partial charge is 0.487 e. The van der Waals surface area contributed by atoms with Gasteiger partial charge in [0.2, 0.25) is 0 Å². The average Bonchev–Trinajstić information content (AvgIpc) is 2.37. The average molecular weight is 255 g/mol. The van der Waals surface area contributed by atoms with Crippen molar-refractivity contribution >= 4 is 5.69 Å². The molecule has 0 unspecified atom stereocenters. The molecule has 2 aromatic rings. The summed E-state index contributed by atoms with van der Waals surface area (Å²) in [5.74, 6) is 0.747. The lowest BCUT2D eigenvalue weighted by molar-refractivity contribution is 0.308. The lowest BCUT2D eigenvalue weighted by Gasteiger charge is -2.20. The minimum absolute atomic E-state index is 0.103. The van der Waals surface area contributed by atoms with Gasteiger partial charge in [0.1, 0.15) is 12.4 Å². The minimum Gasteiger partial charge on any atom is -0.487 e. The first kappa shape index (κ1) is 13.5. The van der Waals surface area contributed by atoms with E-state index in [1.807, 2.05) is 42.5 Å². The molecule has 0 saturated carbocycles. The number of benzene rings is 2. The van der Waals surface area contributed by atoms with Crippen molar-refractivity contribution in [3.05, 3.63) is 59.7 Å². The van der Waals surface area contributed by atoms with Crippen LogP contribution in [0.25, 0.3) is 0 Å². The van der Waals surface area contributed by atoms with Crippen molar-refractivity contribution < 1.29 is 4.74 Å². The molecule has 2 aromatic carbocycles. The van der Waals surface area contributed by atoms with Gasteiger partial charge in [-0.25, -0.2) is 0 Å². The summed E-state index contributed by atoms with van der Waals surface area (Å²) in [6.07, 6.45) is 0. The molecular formula is C17H21NO. The van der Waals surface area contributed by atoms with Crippen molar-refractivity contribution in [2.75, 3.05) is 5.73 Å². The molecule has 0 radical (unpaired) electrons. The Morgan fingerprint density at radius 2 is 1.68 bits per heavy atom. The SMILES string of the molecule is CC(C)(C)c1ccc(OCc2ccccc2)c(N)c1. The van der Waals surface area contributed by atoms with E-state index in [0.29, 0.717) is 12.3 Å². The molecule has 0 atom stereocenters. The third-order valence-corrected chi connectivity index (χ3v) is 3.11. The smallest absolute Gasteiger partial charge is 0.142 e. The molecule has 0 aliphatic rings. The van der Waals surface area contributed by atoms with E-state index in [0.717, 1.165) is 11.3 Å². The van der Waals surface area contributed by atoms with Crippen LogP contribution >= 0.6 is 0 Å². The van der Waals surface area contributed by atoms with Crippen LogP contribution in [0.4, 0.5) is 5.69 Å². The van der Waals surface area contributed by atoms with Crippen LogP contribution in [0.1, 0.15) is 31.9 Å². The maximum atomic E-state index is 6.06. The topological polar surface area (TPSA) is 35.2 Å². The van der Waals surface area contributed by atoms with E-state index in [-0.39, 0.29) is 5.41 Å². The number of ether oxygens (including phenoxy) is 1. The van der Waals surface area contributed by atoms with Gasteiger partial charge in [0, 0.05) is 0 Å². The molecule has 2 heteroatoms. The molecule has 0 bridgehead atoms. The van der Waals surface area contributed by atoms with Crippen molar-refractivity contribution in [1.82, 2.24) is 0 Å². The Morgan fingerprint density at radius 1 is 1.00 bits per heavy atom. The summed E-state index contributed by atoms with van der Waals surface area (Å²) in [6, 6.07) is 16.1. The van der Waals surface area contributed by atoms with E-state index in [1.165, 1.54) is 5.56 Å². The zero-order valence-electron chi connectivity index (χ0n) is 11.8. The number of nitrogens with two attached hydrogens (primary N) is 1. The zero-order chi connectivity index (χ0) is 13.9. The zero-order valence-corrected chi connectivity index (χ0v) is 11.8. The summed E-state index contributed by atoms with van der Waals surface area (Å²) in [4.78, 5) is 0. The fourth-order valence-corrected chi connectivity index (χ4v) is 1.88. The Hall–Kier alpha value is -1.96. The van der Waals surface area contributed by atoms with E-state index in [2.05, 4.69) is 26.8 Å². The van der Waals surface area contributed by atoms with Gasteiger partial charge in [-0.05, 0) is 28.7 Å². The Labute approximate surface area is 115 Å². The second-order valence-corrected chi connectivity index (χ2v) is 5.78. The Bertz CT molecular complexity index is 541. The highest BCUT2D eigenvalue weighted by Crippen LogP contribution is 2.29. The van der Waals surface area contributed by atoms with Gasteiger partial charge in [0.25, 0.3) is 0 Å². The summed E-state index contributed by atoms with van der Waals surface area (Å²) in [5.41, 5.74) is 9.22. The normalized spacial score (nSPS) is 11.3. The Balaban J connectivity index is 2.10. The molecule has 0 aromatic heterocycles. The molecule has 2 nitrogen and oxygen atoms in total. The minimum atomic E-state index is 0.103. The number of rotatable bonds is 3. The molecule has 100 valence electrons. The second kappa shape index (κ2) is 5.35. The summed E-state index contributed by atoms with van der Waals surface area (Å²) >= 11 is 0. The van der Waals surface area contributed by atoms with Crippen LogP contribution < -0.4 is 10.5 Å². The molecule has 2 rings (SSSR count). The van der Waals surface area contributed by atoms with Crippen LogP contribution in [0.2, 0.25) is 0 Å². The lowest BCUT2D eigenvalue weighted by Crippen LogP contribution is -2.11. The lowest BCUT2D eigenvalue weighted by atomic mass is 9.87. The van der Waals surface area contributed by atoms with E-state index >= 15 is 0 Å². The van der Waals surface area contributed by atoms with Crippen molar-refractivity contribution in [1.29, 1.82) is 0 Å². The third kappa shape index (κ3) is 3.50.